The Kier molecular flexibility index (Phi) is 6.67. The predicted octanol–water partition coefficient (Wildman–Crippen LogP) is 10.1. The molecule has 3 aromatic heterocycles. The molecule has 0 amide bonds. The van der Waals surface area contributed by atoms with E-state index in [1.165, 1.54) is 5.56 Å². The van der Waals surface area contributed by atoms with Gasteiger partial charge in [0, 0.05) is 43.6 Å². The van der Waals surface area contributed by atoms with E-state index in [4.69, 9.17) is 18.8 Å². The van der Waals surface area contributed by atoms with E-state index in [1.807, 2.05) is 60.8 Å². The molecule has 3 heterocycles. The average Bonchev–Trinajstić information content (AvgIpc) is 3.61. The third kappa shape index (κ3) is 4.42. The molecule has 0 aliphatic carbocycles. The van der Waals surface area contributed by atoms with Gasteiger partial charge in [0.1, 0.15) is 22.5 Å². The van der Waals surface area contributed by atoms with Crippen LogP contribution in [0, 0.1) is 6.07 Å². The maximum atomic E-state index is 10.4. The van der Waals surface area contributed by atoms with Crippen molar-refractivity contribution >= 4 is 43.9 Å². The summed E-state index contributed by atoms with van der Waals surface area (Å²) in [5, 5.41) is 13.6. The van der Waals surface area contributed by atoms with Crippen molar-refractivity contribution < 1.29 is 35.0 Å². The van der Waals surface area contributed by atoms with Gasteiger partial charge in [-0.05, 0) is 58.3 Å². The minimum absolute atomic E-state index is 0. The average molecular weight is 755 g/mol. The van der Waals surface area contributed by atoms with E-state index in [9.17, 15) is 5.11 Å². The van der Waals surface area contributed by atoms with Gasteiger partial charge in [0.25, 0.3) is 0 Å². The zero-order valence-corrected chi connectivity index (χ0v) is 26.6. The molecule has 8 aromatic rings. The van der Waals surface area contributed by atoms with Crippen molar-refractivity contribution in [3.05, 3.63) is 115 Å². The molecule has 0 saturated heterocycles. The maximum absolute atomic E-state index is 10.4. The number of phenolic OH excluding ortho intramolecular Hbond substituents is 1. The first-order chi connectivity index (χ1) is 20.9. The van der Waals surface area contributed by atoms with Gasteiger partial charge in [-0.2, -0.15) is 0 Å². The number of benzene rings is 5. The zero-order valence-electron chi connectivity index (χ0n) is 24.3. The molecule has 0 unspecified atom stereocenters. The van der Waals surface area contributed by atoms with E-state index in [2.05, 4.69) is 51.1 Å². The van der Waals surface area contributed by atoms with Gasteiger partial charge in [-0.1, -0.05) is 68.8 Å². The van der Waals surface area contributed by atoms with Crippen LogP contribution < -0.4 is 0 Å². The Labute approximate surface area is 268 Å². The number of nitrogens with zero attached hydrogens (tertiary/aromatic N) is 2. The SMILES string of the molecule is CC(C)(C)c1ccnc2c(-c3[c-]c(-c4cccc5oc(-c6ccccc6O)nc45)ccc3)c3oc4ccccc4c3cc12.[Pt]. The number of para-hydroxylation sites is 3. The quantitative estimate of drug-likeness (QED) is 0.182. The smallest absolute Gasteiger partial charge is 0.230 e. The second-order valence-electron chi connectivity index (χ2n) is 11.9. The standard InChI is InChI=1S/C38H27N2O3.Pt/c1-38(2,3)29-18-19-39-35-28(29)21-27-25-12-5-7-16-31(25)42-36(27)33(35)23-11-8-10-22(20-23)24-14-9-17-32-34(24)40-37(43-32)26-13-4-6-15-30(26)41;/h4-19,21,41H,1-3H3;/q-1;. The van der Waals surface area contributed by atoms with Crippen LogP contribution in [0.3, 0.4) is 0 Å². The van der Waals surface area contributed by atoms with Crippen LogP contribution >= 0.6 is 0 Å². The van der Waals surface area contributed by atoms with Gasteiger partial charge in [-0.15, -0.1) is 35.4 Å². The molecule has 0 aliphatic rings. The number of pyridine rings is 1. The minimum Gasteiger partial charge on any atom is -0.507 e. The first-order valence-corrected chi connectivity index (χ1v) is 14.3. The van der Waals surface area contributed by atoms with Gasteiger partial charge >= 0.3 is 0 Å². The molecule has 8 rings (SSSR count). The summed E-state index contributed by atoms with van der Waals surface area (Å²) in [6.45, 7) is 6.69. The van der Waals surface area contributed by atoms with Crippen molar-refractivity contribution in [1.82, 2.24) is 9.97 Å². The van der Waals surface area contributed by atoms with Crippen molar-refractivity contribution in [3.8, 4) is 39.5 Å². The summed E-state index contributed by atoms with van der Waals surface area (Å²) in [6, 6.07) is 35.2. The van der Waals surface area contributed by atoms with E-state index < -0.39 is 0 Å². The topological polar surface area (TPSA) is 72.3 Å². The number of oxazole rings is 1. The fraction of sp³-hybridized carbons (Fsp3) is 0.105. The normalized spacial score (nSPS) is 11.9. The van der Waals surface area contributed by atoms with Crippen molar-refractivity contribution in [2.45, 2.75) is 26.2 Å². The molecule has 0 bridgehead atoms. The number of fused-ring (bicyclic) bond motifs is 5. The van der Waals surface area contributed by atoms with Crippen molar-refractivity contribution in [2.24, 2.45) is 0 Å². The largest absolute Gasteiger partial charge is 0.507 e. The Balaban J connectivity index is 0.00000312. The summed E-state index contributed by atoms with van der Waals surface area (Å²) in [5.74, 6) is 0.491. The summed E-state index contributed by atoms with van der Waals surface area (Å²) in [4.78, 5) is 9.73. The molecule has 0 aliphatic heterocycles. The van der Waals surface area contributed by atoms with Gasteiger partial charge in [0.2, 0.25) is 5.89 Å². The van der Waals surface area contributed by atoms with Crippen molar-refractivity contribution in [2.75, 3.05) is 0 Å². The van der Waals surface area contributed by atoms with Crippen LogP contribution in [0.5, 0.6) is 5.75 Å². The van der Waals surface area contributed by atoms with E-state index in [0.29, 0.717) is 22.6 Å². The molecule has 1 N–H and O–H groups in total. The van der Waals surface area contributed by atoms with Crippen LogP contribution in [-0.2, 0) is 26.5 Å². The number of rotatable bonds is 3. The molecular weight excluding hydrogens is 728 g/mol. The first-order valence-electron chi connectivity index (χ1n) is 14.3. The Morgan fingerprint density at radius 2 is 1.41 bits per heavy atom. The number of phenols is 1. The summed E-state index contributed by atoms with van der Waals surface area (Å²) in [5.41, 5.74) is 9.10. The van der Waals surface area contributed by atoms with Gasteiger partial charge in [-0.25, -0.2) is 4.98 Å². The molecule has 44 heavy (non-hydrogen) atoms. The third-order valence-corrected chi connectivity index (χ3v) is 8.09. The Morgan fingerprint density at radius 1 is 0.682 bits per heavy atom. The molecule has 0 spiro atoms. The molecule has 5 nitrogen and oxygen atoms in total. The van der Waals surface area contributed by atoms with E-state index in [-0.39, 0.29) is 32.2 Å². The van der Waals surface area contributed by atoms with Gasteiger partial charge in [0.05, 0.1) is 11.1 Å². The summed E-state index contributed by atoms with van der Waals surface area (Å²) >= 11 is 0. The van der Waals surface area contributed by atoms with E-state index >= 15 is 0 Å². The number of aromatic hydroxyl groups is 1. The predicted molar refractivity (Wildman–Crippen MR) is 172 cm³/mol. The summed E-state index contributed by atoms with van der Waals surface area (Å²) < 4.78 is 12.6. The third-order valence-electron chi connectivity index (χ3n) is 8.09. The molecule has 0 atom stereocenters. The molecule has 5 aromatic carbocycles. The van der Waals surface area contributed by atoms with Crippen LogP contribution in [0.25, 0.3) is 77.6 Å². The Bertz CT molecular complexity index is 2360. The van der Waals surface area contributed by atoms with Gasteiger partial charge in [0.15, 0.2) is 0 Å². The van der Waals surface area contributed by atoms with Crippen molar-refractivity contribution in [1.29, 1.82) is 0 Å². The van der Waals surface area contributed by atoms with Crippen LogP contribution in [-0.4, -0.2) is 15.1 Å². The first kappa shape index (κ1) is 28.1. The molecule has 0 fully saturated rings. The van der Waals surface area contributed by atoms with Crippen LogP contribution in [0.4, 0.5) is 0 Å². The van der Waals surface area contributed by atoms with Crippen LogP contribution in [0.1, 0.15) is 26.3 Å². The molecule has 6 heteroatoms. The second kappa shape index (κ2) is 10.5. The Morgan fingerprint density at radius 3 is 2.25 bits per heavy atom. The minimum atomic E-state index is -0.0786. The zero-order chi connectivity index (χ0) is 29.3. The number of aromatic nitrogens is 2. The fourth-order valence-corrected chi connectivity index (χ4v) is 6.08. The number of hydrogen-bond acceptors (Lipinski definition) is 5. The van der Waals surface area contributed by atoms with E-state index in [1.54, 1.807) is 18.2 Å². The molecular formula is C38H27N2O3Pt-. The van der Waals surface area contributed by atoms with Crippen molar-refractivity contribution in [3.63, 3.8) is 0 Å². The number of furan rings is 1. The second-order valence-corrected chi connectivity index (χ2v) is 11.9. The molecule has 0 radical (unpaired) electrons. The molecule has 0 saturated carbocycles. The fourth-order valence-electron chi connectivity index (χ4n) is 6.08. The van der Waals surface area contributed by atoms with Crippen LogP contribution in [0.15, 0.2) is 112 Å². The molecule has 218 valence electrons. The maximum Gasteiger partial charge on any atom is 0.230 e. The summed E-state index contributed by atoms with van der Waals surface area (Å²) in [6.07, 6.45) is 1.89. The summed E-state index contributed by atoms with van der Waals surface area (Å²) in [7, 11) is 0. The van der Waals surface area contributed by atoms with Crippen LogP contribution in [0.2, 0.25) is 0 Å². The van der Waals surface area contributed by atoms with Gasteiger partial charge in [-0.3, -0.25) is 4.98 Å². The van der Waals surface area contributed by atoms with Gasteiger partial charge < -0.3 is 13.9 Å². The van der Waals surface area contributed by atoms with E-state index in [0.717, 1.165) is 55.1 Å². The number of hydrogen-bond donors (Lipinski definition) is 1. The Hall–Kier alpha value is -4.73. The monoisotopic (exact) mass is 754 g/mol.